The van der Waals surface area contributed by atoms with Crippen LogP contribution in [0.3, 0.4) is 0 Å². The molecule has 0 unspecified atom stereocenters. The first-order valence-electron chi connectivity index (χ1n) is 6.59. The summed E-state index contributed by atoms with van der Waals surface area (Å²) in [6.45, 7) is 5.52. The van der Waals surface area contributed by atoms with Crippen molar-refractivity contribution >= 4 is 16.6 Å². The normalized spacial score (nSPS) is 11.8. The Balaban J connectivity index is 2.89. The van der Waals surface area contributed by atoms with Crippen LogP contribution >= 0.6 is 0 Å². The van der Waals surface area contributed by atoms with Crippen LogP contribution in [0, 0.1) is 13.8 Å². The Bertz CT molecular complexity index is 681. The SMILES string of the molecule is CCNc1c(C)c(C(F)(F)F)nc2c(C)cc(OC)cc12. The first-order valence-corrected chi connectivity index (χ1v) is 6.59. The summed E-state index contributed by atoms with van der Waals surface area (Å²) in [4.78, 5) is 3.84. The molecule has 0 radical (unpaired) electrons. The predicted molar refractivity (Wildman–Crippen MR) is 76.9 cm³/mol. The van der Waals surface area contributed by atoms with Gasteiger partial charge in [0.05, 0.1) is 12.6 Å². The van der Waals surface area contributed by atoms with Crippen molar-refractivity contribution in [3.8, 4) is 5.75 Å². The van der Waals surface area contributed by atoms with Gasteiger partial charge in [0.2, 0.25) is 0 Å². The molecule has 0 bridgehead atoms. The lowest BCUT2D eigenvalue weighted by atomic mass is 10.0. The van der Waals surface area contributed by atoms with Gasteiger partial charge in [-0.1, -0.05) is 0 Å². The van der Waals surface area contributed by atoms with Gasteiger partial charge in [-0.25, -0.2) is 4.98 Å². The summed E-state index contributed by atoms with van der Waals surface area (Å²) in [5.41, 5.74) is 0.694. The Kier molecular flexibility index (Phi) is 3.98. The van der Waals surface area contributed by atoms with Gasteiger partial charge in [0.15, 0.2) is 0 Å². The number of hydrogen-bond acceptors (Lipinski definition) is 3. The Hall–Kier alpha value is -1.98. The lowest BCUT2D eigenvalue weighted by Crippen LogP contribution is -2.14. The van der Waals surface area contributed by atoms with Gasteiger partial charge in [0.1, 0.15) is 11.4 Å². The molecule has 0 atom stereocenters. The number of nitrogens with one attached hydrogen (secondary N) is 1. The van der Waals surface area contributed by atoms with Crippen LogP contribution < -0.4 is 10.1 Å². The van der Waals surface area contributed by atoms with Gasteiger partial charge in [-0.3, -0.25) is 0 Å². The standard InChI is InChI=1S/C15H17F3N2O/c1-5-19-13-9(3)14(15(16,17)18)20-12-8(2)6-10(21-4)7-11(12)13/h6-7H,5H2,1-4H3,(H,19,20). The van der Waals surface area contributed by atoms with E-state index >= 15 is 0 Å². The maximum absolute atomic E-state index is 13.2. The maximum Gasteiger partial charge on any atom is 0.433 e. The van der Waals surface area contributed by atoms with Crippen molar-refractivity contribution in [2.75, 3.05) is 19.0 Å². The lowest BCUT2D eigenvalue weighted by Gasteiger charge is -2.18. The number of aromatic nitrogens is 1. The van der Waals surface area contributed by atoms with Crippen LogP contribution in [0.2, 0.25) is 0 Å². The highest BCUT2D eigenvalue weighted by molar-refractivity contribution is 5.96. The number of ether oxygens (including phenoxy) is 1. The monoisotopic (exact) mass is 298 g/mol. The predicted octanol–water partition coefficient (Wildman–Crippen LogP) is 4.31. The van der Waals surface area contributed by atoms with Crippen LogP contribution in [-0.4, -0.2) is 18.6 Å². The van der Waals surface area contributed by atoms with Crippen molar-refractivity contribution in [1.82, 2.24) is 4.98 Å². The molecule has 6 heteroatoms. The van der Waals surface area contributed by atoms with Crippen molar-refractivity contribution < 1.29 is 17.9 Å². The molecule has 0 aliphatic rings. The molecule has 0 fully saturated rings. The van der Waals surface area contributed by atoms with Crippen LogP contribution in [-0.2, 0) is 6.18 Å². The summed E-state index contributed by atoms with van der Waals surface area (Å²) >= 11 is 0. The summed E-state index contributed by atoms with van der Waals surface area (Å²) < 4.78 is 44.7. The number of halogens is 3. The zero-order chi connectivity index (χ0) is 15.8. The van der Waals surface area contributed by atoms with E-state index in [0.717, 1.165) is 0 Å². The average molecular weight is 298 g/mol. The minimum atomic E-state index is -4.48. The molecule has 1 N–H and O–H groups in total. The van der Waals surface area contributed by atoms with Crippen molar-refractivity contribution in [3.05, 3.63) is 29.0 Å². The molecule has 2 aromatic rings. The van der Waals surface area contributed by atoms with Gasteiger partial charge in [0.25, 0.3) is 0 Å². The van der Waals surface area contributed by atoms with Crippen molar-refractivity contribution in [2.45, 2.75) is 26.9 Å². The molecule has 21 heavy (non-hydrogen) atoms. The third kappa shape index (κ3) is 2.75. The van der Waals surface area contributed by atoms with Crippen LogP contribution in [0.5, 0.6) is 5.75 Å². The highest BCUT2D eigenvalue weighted by Gasteiger charge is 2.36. The van der Waals surface area contributed by atoms with E-state index in [1.54, 1.807) is 19.1 Å². The molecule has 0 aliphatic carbocycles. The zero-order valence-corrected chi connectivity index (χ0v) is 12.4. The zero-order valence-electron chi connectivity index (χ0n) is 12.4. The molecule has 0 spiro atoms. The number of fused-ring (bicyclic) bond motifs is 1. The van der Waals surface area contributed by atoms with E-state index in [-0.39, 0.29) is 5.56 Å². The second-order valence-corrected chi connectivity index (χ2v) is 4.83. The summed E-state index contributed by atoms with van der Waals surface area (Å²) in [6.07, 6.45) is -4.48. The Morgan fingerprint density at radius 2 is 1.90 bits per heavy atom. The van der Waals surface area contributed by atoms with E-state index in [0.29, 0.717) is 34.4 Å². The van der Waals surface area contributed by atoms with E-state index in [2.05, 4.69) is 10.3 Å². The topological polar surface area (TPSA) is 34.2 Å². The number of benzene rings is 1. The van der Waals surface area contributed by atoms with Gasteiger partial charge in [-0.2, -0.15) is 13.2 Å². The van der Waals surface area contributed by atoms with Gasteiger partial charge >= 0.3 is 6.18 Å². The highest BCUT2D eigenvalue weighted by Crippen LogP contribution is 2.39. The van der Waals surface area contributed by atoms with Gasteiger partial charge in [-0.15, -0.1) is 0 Å². The lowest BCUT2D eigenvalue weighted by molar-refractivity contribution is -0.141. The van der Waals surface area contributed by atoms with Crippen LogP contribution in [0.15, 0.2) is 12.1 Å². The molecule has 0 aliphatic heterocycles. The summed E-state index contributed by atoms with van der Waals surface area (Å²) in [5.74, 6) is 0.597. The maximum atomic E-state index is 13.2. The summed E-state index contributed by atoms with van der Waals surface area (Å²) in [7, 11) is 1.53. The molecule has 3 nitrogen and oxygen atoms in total. The second-order valence-electron chi connectivity index (χ2n) is 4.83. The van der Waals surface area contributed by atoms with E-state index in [1.807, 2.05) is 6.92 Å². The molecule has 114 valence electrons. The molecule has 1 aromatic carbocycles. The van der Waals surface area contributed by atoms with Crippen LogP contribution in [0.1, 0.15) is 23.7 Å². The fourth-order valence-corrected chi connectivity index (χ4v) is 2.40. The van der Waals surface area contributed by atoms with Crippen molar-refractivity contribution in [3.63, 3.8) is 0 Å². The van der Waals surface area contributed by atoms with Gasteiger partial charge < -0.3 is 10.1 Å². The first-order chi connectivity index (χ1) is 9.79. The third-order valence-corrected chi connectivity index (χ3v) is 3.35. The number of hydrogen-bond donors (Lipinski definition) is 1. The minimum absolute atomic E-state index is 0.101. The number of aryl methyl sites for hydroxylation is 1. The highest BCUT2D eigenvalue weighted by atomic mass is 19.4. The van der Waals surface area contributed by atoms with E-state index in [4.69, 9.17) is 4.74 Å². The van der Waals surface area contributed by atoms with Crippen LogP contribution in [0.4, 0.5) is 18.9 Å². The van der Waals surface area contributed by atoms with E-state index < -0.39 is 11.9 Å². The quantitative estimate of drug-likeness (QED) is 0.916. The molecular weight excluding hydrogens is 281 g/mol. The Labute approximate surface area is 121 Å². The molecule has 2 rings (SSSR count). The number of alkyl halides is 3. The number of anilines is 1. The molecule has 0 saturated heterocycles. The molecule has 1 heterocycles. The van der Waals surface area contributed by atoms with Crippen LogP contribution in [0.25, 0.3) is 10.9 Å². The number of methoxy groups -OCH3 is 1. The smallest absolute Gasteiger partial charge is 0.433 e. The molecule has 0 saturated carbocycles. The minimum Gasteiger partial charge on any atom is -0.497 e. The summed E-state index contributed by atoms with van der Waals surface area (Å²) in [5, 5.41) is 3.65. The van der Waals surface area contributed by atoms with Gasteiger partial charge in [-0.05, 0) is 38.5 Å². The number of nitrogens with zero attached hydrogens (tertiary/aromatic N) is 1. The second kappa shape index (κ2) is 5.42. The Morgan fingerprint density at radius 3 is 2.43 bits per heavy atom. The Morgan fingerprint density at radius 1 is 1.24 bits per heavy atom. The fourth-order valence-electron chi connectivity index (χ4n) is 2.40. The molecule has 0 amide bonds. The van der Waals surface area contributed by atoms with Crippen molar-refractivity contribution in [2.24, 2.45) is 0 Å². The summed E-state index contributed by atoms with van der Waals surface area (Å²) in [6, 6.07) is 3.39. The average Bonchev–Trinajstić information content (AvgIpc) is 2.40. The van der Waals surface area contributed by atoms with Gasteiger partial charge in [0, 0.05) is 23.2 Å². The number of rotatable bonds is 3. The number of pyridine rings is 1. The fraction of sp³-hybridized carbons (Fsp3) is 0.400. The first kappa shape index (κ1) is 15.4. The molecular formula is C15H17F3N2O. The molecule has 1 aromatic heterocycles. The van der Waals surface area contributed by atoms with Crippen molar-refractivity contribution in [1.29, 1.82) is 0 Å². The van der Waals surface area contributed by atoms with E-state index in [9.17, 15) is 13.2 Å². The largest absolute Gasteiger partial charge is 0.497 e. The van der Waals surface area contributed by atoms with E-state index in [1.165, 1.54) is 14.0 Å². The third-order valence-electron chi connectivity index (χ3n) is 3.35.